The van der Waals surface area contributed by atoms with Crippen LogP contribution in [0.1, 0.15) is 48.4 Å². The maximum Gasteiger partial charge on any atom is 0.416 e. The maximum absolute atomic E-state index is 12.9. The van der Waals surface area contributed by atoms with Gasteiger partial charge in [-0.05, 0) is 74.7 Å². The van der Waals surface area contributed by atoms with Gasteiger partial charge in [-0.15, -0.1) is 10.2 Å². The topological polar surface area (TPSA) is 60.0 Å². The Labute approximate surface area is 200 Å². The van der Waals surface area contributed by atoms with Gasteiger partial charge in [0.2, 0.25) is 5.82 Å². The molecule has 182 valence electrons. The summed E-state index contributed by atoms with van der Waals surface area (Å²) in [7, 11) is 1.93. The number of aryl methyl sites for hydroxylation is 1. The second kappa shape index (κ2) is 9.03. The highest BCUT2D eigenvalue weighted by molar-refractivity contribution is 7.99. The second-order valence-electron chi connectivity index (χ2n) is 9.45. The SMILES string of the molecule is Cc1ncoc1-c1nnc(SCCCN2CCC[C@]3(CC3c3ccc(C(F)(F)F)cc3)C2)n1C. The summed E-state index contributed by atoms with van der Waals surface area (Å²) in [5.74, 6) is 2.64. The quantitative estimate of drug-likeness (QED) is 0.319. The van der Waals surface area contributed by atoms with Gasteiger partial charge in [-0.1, -0.05) is 23.9 Å². The molecule has 0 bridgehead atoms. The van der Waals surface area contributed by atoms with Crippen molar-refractivity contribution in [2.24, 2.45) is 12.5 Å². The minimum atomic E-state index is -4.28. The normalized spacial score (nSPS) is 23.0. The van der Waals surface area contributed by atoms with Gasteiger partial charge in [0.1, 0.15) is 0 Å². The first kappa shape index (κ1) is 23.4. The molecule has 2 aromatic heterocycles. The van der Waals surface area contributed by atoms with Crippen molar-refractivity contribution in [3.8, 4) is 11.6 Å². The predicted molar refractivity (Wildman–Crippen MR) is 123 cm³/mol. The molecule has 3 heterocycles. The lowest BCUT2D eigenvalue weighted by Crippen LogP contribution is -2.38. The van der Waals surface area contributed by atoms with E-state index >= 15 is 0 Å². The lowest BCUT2D eigenvalue weighted by atomic mass is 9.89. The highest BCUT2D eigenvalue weighted by atomic mass is 32.2. The van der Waals surface area contributed by atoms with Gasteiger partial charge < -0.3 is 13.9 Å². The highest BCUT2D eigenvalue weighted by Gasteiger charge is 2.55. The van der Waals surface area contributed by atoms with Crippen molar-refractivity contribution in [1.29, 1.82) is 0 Å². The van der Waals surface area contributed by atoms with E-state index < -0.39 is 11.7 Å². The van der Waals surface area contributed by atoms with Crippen molar-refractivity contribution in [3.05, 3.63) is 47.5 Å². The molecule has 2 fully saturated rings. The van der Waals surface area contributed by atoms with Crippen LogP contribution in [0.4, 0.5) is 13.2 Å². The number of hydrogen-bond acceptors (Lipinski definition) is 6. The largest absolute Gasteiger partial charge is 0.440 e. The van der Waals surface area contributed by atoms with Gasteiger partial charge in [0.25, 0.3) is 0 Å². The van der Waals surface area contributed by atoms with Crippen LogP contribution in [0.15, 0.2) is 40.2 Å². The van der Waals surface area contributed by atoms with E-state index in [2.05, 4.69) is 20.1 Å². The standard InChI is InChI=1S/C24H28F3N5OS/c1-16-20(33-15-28-16)21-29-30-22(31(21)2)34-12-4-11-32-10-3-9-23(14-32)13-19(23)17-5-7-18(8-6-17)24(25,26)27/h5-8,15,19H,3-4,9-14H2,1-2H3/t19?,23-/m0/s1. The lowest BCUT2D eigenvalue weighted by Gasteiger charge is -2.34. The fraction of sp³-hybridized carbons (Fsp3) is 0.542. The molecule has 1 unspecified atom stereocenters. The molecular formula is C24H28F3N5OS. The summed E-state index contributed by atoms with van der Waals surface area (Å²) in [6.07, 6.45) is 1.56. The number of piperidine rings is 1. The van der Waals surface area contributed by atoms with Crippen molar-refractivity contribution in [2.75, 3.05) is 25.4 Å². The average molecular weight is 492 g/mol. The average Bonchev–Trinajstić information content (AvgIpc) is 3.10. The zero-order chi connectivity index (χ0) is 23.9. The van der Waals surface area contributed by atoms with Crippen LogP contribution in [0, 0.1) is 12.3 Å². The third-order valence-corrected chi connectivity index (χ3v) is 8.26. The third kappa shape index (κ3) is 4.62. The van der Waals surface area contributed by atoms with Gasteiger partial charge >= 0.3 is 6.18 Å². The first-order valence-electron chi connectivity index (χ1n) is 11.6. The first-order chi connectivity index (χ1) is 16.3. The highest BCUT2D eigenvalue weighted by Crippen LogP contribution is 2.63. The third-order valence-electron chi connectivity index (χ3n) is 7.15. The number of rotatable bonds is 7. The van der Waals surface area contributed by atoms with Crippen LogP contribution in [-0.2, 0) is 13.2 Å². The fourth-order valence-electron chi connectivity index (χ4n) is 5.23. The van der Waals surface area contributed by atoms with E-state index in [1.54, 1.807) is 23.9 Å². The smallest absolute Gasteiger partial charge is 0.416 e. The van der Waals surface area contributed by atoms with Crippen LogP contribution in [0.2, 0.25) is 0 Å². The Hall–Kier alpha value is -2.33. The van der Waals surface area contributed by atoms with Crippen molar-refractivity contribution in [3.63, 3.8) is 0 Å². The van der Waals surface area contributed by atoms with E-state index in [-0.39, 0.29) is 5.41 Å². The van der Waals surface area contributed by atoms with Crippen molar-refractivity contribution < 1.29 is 17.6 Å². The van der Waals surface area contributed by atoms with E-state index in [9.17, 15) is 13.2 Å². The number of nitrogens with zero attached hydrogens (tertiary/aromatic N) is 5. The van der Waals surface area contributed by atoms with E-state index in [0.717, 1.165) is 67.5 Å². The zero-order valence-corrected chi connectivity index (χ0v) is 20.1. The van der Waals surface area contributed by atoms with Gasteiger partial charge in [-0.25, -0.2) is 4.98 Å². The summed E-state index contributed by atoms with van der Waals surface area (Å²) in [6.45, 7) is 5.02. The molecule has 2 atom stereocenters. The molecule has 1 spiro atoms. The monoisotopic (exact) mass is 491 g/mol. The number of benzene rings is 1. The summed E-state index contributed by atoms with van der Waals surface area (Å²) < 4.78 is 46.0. The zero-order valence-electron chi connectivity index (χ0n) is 19.3. The van der Waals surface area contributed by atoms with Crippen LogP contribution < -0.4 is 0 Å². The molecule has 0 amide bonds. The van der Waals surface area contributed by atoms with Gasteiger partial charge in [-0.2, -0.15) is 13.2 Å². The molecule has 1 saturated heterocycles. The Balaban J connectivity index is 1.11. The summed E-state index contributed by atoms with van der Waals surface area (Å²) in [6, 6.07) is 5.79. The van der Waals surface area contributed by atoms with Crippen LogP contribution >= 0.6 is 11.8 Å². The molecule has 0 radical (unpaired) electrons. The number of likely N-dealkylation sites (tertiary alicyclic amines) is 1. The van der Waals surface area contributed by atoms with Crippen LogP contribution in [0.5, 0.6) is 0 Å². The van der Waals surface area contributed by atoms with Crippen molar-refractivity contribution in [2.45, 2.75) is 49.9 Å². The first-order valence-corrected chi connectivity index (χ1v) is 12.6. The Morgan fingerprint density at radius 3 is 2.71 bits per heavy atom. The number of halogens is 3. The molecule has 10 heteroatoms. The molecule has 1 aromatic carbocycles. The van der Waals surface area contributed by atoms with Gasteiger partial charge in [0.15, 0.2) is 17.3 Å². The van der Waals surface area contributed by atoms with Crippen LogP contribution in [-0.4, -0.2) is 50.0 Å². The maximum atomic E-state index is 12.9. The summed E-state index contributed by atoms with van der Waals surface area (Å²) in [5, 5.41) is 9.41. The molecule has 5 rings (SSSR count). The second-order valence-corrected chi connectivity index (χ2v) is 10.5. The van der Waals surface area contributed by atoms with Crippen LogP contribution in [0.25, 0.3) is 11.6 Å². The van der Waals surface area contributed by atoms with E-state index in [4.69, 9.17) is 4.42 Å². The molecular weight excluding hydrogens is 463 g/mol. The van der Waals surface area contributed by atoms with Crippen LogP contribution in [0.3, 0.4) is 0 Å². The van der Waals surface area contributed by atoms with Gasteiger partial charge in [0, 0.05) is 19.3 Å². The predicted octanol–water partition coefficient (Wildman–Crippen LogP) is 5.55. The molecule has 6 nitrogen and oxygen atoms in total. The Morgan fingerprint density at radius 1 is 1.21 bits per heavy atom. The van der Waals surface area contributed by atoms with E-state index in [0.29, 0.717) is 17.5 Å². The van der Waals surface area contributed by atoms with E-state index in [1.165, 1.54) is 18.5 Å². The number of hydrogen-bond donors (Lipinski definition) is 0. The molecule has 0 N–H and O–H groups in total. The Morgan fingerprint density at radius 2 is 2.00 bits per heavy atom. The lowest BCUT2D eigenvalue weighted by molar-refractivity contribution is -0.137. The fourth-order valence-corrected chi connectivity index (χ4v) is 6.06. The number of aromatic nitrogens is 4. The Bertz CT molecular complexity index is 1140. The molecule has 2 aliphatic rings. The molecule has 3 aromatic rings. The minimum absolute atomic E-state index is 0.235. The number of oxazole rings is 1. The molecule has 1 aliphatic carbocycles. The molecule has 34 heavy (non-hydrogen) atoms. The summed E-state index contributed by atoms with van der Waals surface area (Å²) in [4.78, 5) is 6.64. The summed E-state index contributed by atoms with van der Waals surface area (Å²) in [5.41, 5.74) is 1.50. The minimum Gasteiger partial charge on any atom is -0.440 e. The van der Waals surface area contributed by atoms with E-state index in [1.807, 2.05) is 18.5 Å². The molecule has 1 saturated carbocycles. The van der Waals surface area contributed by atoms with Crippen molar-refractivity contribution in [1.82, 2.24) is 24.6 Å². The summed E-state index contributed by atoms with van der Waals surface area (Å²) >= 11 is 1.68. The molecule has 1 aliphatic heterocycles. The van der Waals surface area contributed by atoms with Crippen molar-refractivity contribution >= 4 is 11.8 Å². The Kier molecular flexibility index (Phi) is 6.22. The number of thioether (sulfide) groups is 1. The van der Waals surface area contributed by atoms with Gasteiger partial charge in [-0.3, -0.25) is 0 Å². The number of alkyl halides is 3. The van der Waals surface area contributed by atoms with Gasteiger partial charge in [0.05, 0.1) is 11.3 Å².